The first kappa shape index (κ1) is 15.5. The van der Waals surface area contributed by atoms with Crippen molar-refractivity contribution >= 4 is 21.4 Å². The molecule has 0 unspecified atom stereocenters. The van der Waals surface area contributed by atoms with Gasteiger partial charge in [-0.2, -0.15) is 0 Å². The van der Waals surface area contributed by atoms with Crippen LogP contribution in [0.5, 0.6) is 0 Å². The lowest BCUT2D eigenvalue weighted by molar-refractivity contribution is -0.384. The number of para-hydroxylation sites is 1. The first-order valence-corrected chi connectivity index (χ1v) is 8.07. The molecule has 0 aliphatic heterocycles. The highest BCUT2D eigenvalue weighted by Crippen LogP contribution is 2.16. The zero-order valence-corrected chi connectivity index (χ0v) is 12.4. The van der Waals surface area contributed by atoms with Gasteiger partial charge in [-0.25, -0.2) is 8.42 Å². The molecule has 1 N–H and O–H groups in total. The summed E-state index contributed by atoms with van der Waals surface area (Å²) in [5, 5.41) is 10.6. The molecule has 0 radical (unpaired) electrons. The summed E-state index contributed by atoms with van der Waals surface area (Å²) >= 11 is 0. The predicted octanol–water partition coefficient (Wildman–Crippen LogP) is 2.37. The van der Waals surface area contributed by atoms with Gasteiger partial charge in [0.2, 0.25) is 10.0 Å². The van der Waals surface area contributed by atoms with Crippen LogP contribution in [-0.4, -0.2) is 19.6 Å². The van der Waals surface area contributed by atoms with E-state index in [0.717, 1.165) is 6.26 Å². The second-order valence-corrected chi connectivity index (χ2v) is 6.22. The third kappa shape index (κ3) is 4.33. The third-order valence-electron chi connectivity index (χ3n) is 2.64. The lowest BCUT2D eigenvalue weighted by Gasteiger charge is -2.05. The molecule has 2 rings (SSSR count). The third-order valence-corrected chi connectivity index (χ3v) is 3.23. The van der Waals surface area contributed by atoms with Crippen molar-refractivity contribution < 1.29 is 13.3 Å². The van der Waals surface area contributed by atoms with Gasteiger partial charge in [0.1, 0.15) is 0 Å². The van der Waals surface area contributed by atoms with Crippen LogP contribution in [0.1, 0.15) is 11.1 Å². The highest BCUT2D eigenvalue weighted by molar-refractivity contribution is 7.92. The van der Waals surface area contributed by atoms with Crippen molar-refractivity contribution in [1.29, 1.82) is 0 Å². The summed E-state index contributed by atoms with van der Waals surface area (Å²) in [7, 11) is -3.39. The Labute approximate surface area is 128 Å². The van der Waals surface area contributed by atoms with Crippen molar-refractivity contribution in [2.75, 3.05) is 11.0 Å². The number of benzene rings is 2. The standard InChI is InChI=1S/C15H12N2O4S/c1-22(20,21)16-15-5-3-2-4-13(15)9-6-12-7-10-14(11-8-12)17(18)19/h2-5,7-8,10-11,16H,1H3. The predicted molar refractivity (Wildman–Crippen MR) is 84.0 cm³/mol. The van der Waals surface area contributed by atoms with E-state index < -0.39 is 14.9 Å². The molecule has 0 fully saturated rings. The number of nitro benzene ring substituents is 1. The molecule has 0 aliphatic carbocycles. The van der Waals surface area contributed by atoms with Gasteiger partial charge in [0.15, 0.2) is 0 Å². The number of anilines is 1. The number of sulfonamides is 1. The summed E-state index contributed by atoms with van der Waals surface area (Å²) in [5.41, 5.74) is 1.50. The Morgan fingerprint density at radius 1 is 1.05 bits per heavy atom. The lowest BCUT2D eigenvalue weighted by Crippen LogP contribution is -2.10. The molecule has 112 valence electrons. The Morgan fingerprint density at radius 2 is 1.68 bits per heavy atom. The number of non-ortho nitro benzene ring substituents is 1. The largest absolute Gasteiger partial charge is 0.283 e. The molecule has 0 atom stereocenters. The van der Waals surface area contributed by atoms with Crippen LogP contribution in [0.4, 0.5) is 11.4 Å². The van der Waals surface area contributed by atoms with Gasteiger partial charge in [-0.1, -0.05) is 24.0 Å². The molecule has 0 spiro atoms. The van der Waals surface area contributed by atoms with Gasteiger partial charge < -0.3 is 0 Å². The topological polar surface area (TPSA) is 89.3 Å². The van der Waals surface area contributed by atoms with Crippen LogP contribution >= 0.6 is 0 Å². The van der Waals surface area contributed by atoms with E-state index in [9.17, 15) is 18.5 Å². The van der Waals surface area contributed by atoms with E-state index in [2.05, 4.69) is 16.6 Å². The average Bonchev–Trinajstić information content (AvgIpc) is 2.45. The molecule has 0 amide bonds. The summed E-state index contributed by atoms with van der Waals surface area (Å²) < 4.78 is 25.0. The normalized spacial score (nSPS) is 10.4. The highest BCUT2D eigenvalue weighted by atomic mass is 32.2. The zero-order chi connectivity index (χ0) is 16.2. The maximum atomic E-state index is 11.3. The van der Waals surface area contributed by atoms with Gasteiger partial charge >= 0.3 is 0 Å². The van der Waals surface area contributed by atoms with Gasteiger partial charge in [-0.05, 0) is 24.3 Å². The molecule has 7 heteroatoms. The van der Waals surface area contributed by atoms with Gasteiger partial charge in [-0.3, -0.25) is 14.8 Å². The fourth-order valence-electron chi connectivity index (χ4n) is 1.69. The monoisotopic (exact) mass is 316 g/mol. The molecule has 6 nitrogen and oxygen atoms in total. The first-order chi connectivity index (χ1) is 10.3. The van der Waals surface area contributed by atoms with Gasteiger partial charge in [0, 0.05) is 23.3 Å². The van der Waals surface area contributed by atoms with Gasteiger partial charge in [0.25, 0.3) is 5.69 Å². The molecule has 0 aromatic heterocycles. The summed E-state index contributed by atoms with van der Waals surface area (Å²) in [6, 6.07) is 12.6. The Kier molecular flexibility index (Phi) is 4.44. The fourth-order valence-corrected chi connectivity index (χ4v) is 2.26. The van der Waals surface area contributed by atoms with Crippen LogP contribution < -0.4 is 4.72 Å². The number of nitrogens with zero attached hydrogens (tertiary/aromatic N) is 1. The number of hydrogen-bond donors (Lipinski definition) is 1. The van der Waals surface area contributed by atoms with Crippen LogP contribution in [0, 0.1) is 22.0 Å². The Balaban J connectivity index is 2.30. The molecule has 0 heterocycles. The molecule has 0 bridgehead atoms. The van der Waals surface area contributed by atoms with Crippen LogP contribution in [0.15, 0.2) is 48.5 Å². The minimum absolute atomic E-state index is 0.00954. The summed E-state index contributed by atoms with van der Waals surface area (Å²) in [6.45, 7) is 0. The molecule has 2 aromatic rings. The second-order valence-electron chi connectivity index (χ2n) is 4.47. The van der Waals surface area contributed by atoms with Gasteiger partial charge in [-0.15, -0.1) is 0 Å². The first-order valence-electron chi connectivity index (χ1n) is 6.18. The second kappa shape index (κ2) is 6.28. The molecule has 0 saturated carbocycles. The minimum Gasteiger partial charge on any atom is -0.283 e. The van der Waals surface area contributed by atoms with Crippen molar-refractivity contribution in [2.24, 2.45) is 0 Å². The SMILES string of the molecule is CS(=O)(=O)Nc1ccccc1C#Cc1ccc([N+](=O)[O-])cc1. The molecule has 2 aromatic carbocycles. The van der Waals surface area contributed by atoms with E-state index in [1.807, 2.05) is 0 Å². The quantitative estimate of drug-likeness (QED) is 0.535. The average molecular weight is 316 g/mol. The Hall–Kier alpha value is -2.85. The summed E-state index contributed by atoms with van der Waals surface area (Å²) in [5.74, 6) is 5.70. The van der Waals surface area contributed by atoms with Crippen LogP contribution in [-0.2, 0) is 10.0 Å². The Bertz CT molecular complexity index is 862. The van der Waals surface area contributed by atoms with E-state index >= 15 is 0 Å². The summed E-state index contributed by atoms with van der Waals surface area (Å²) in [6.07, 6.45) is 1.06. The number of nitro groups is 1. The van der Waals surface area contributed by atoms with Crippen LogP contribution in [0.3, 0.4) is 0 Å². The van der Waals surface area contributed by atoms with Crippen molar-refractivity contribution in [3.8, 4) is 11.8 Å². The minimum atomic E-state index is -3.39. The smallest absolute Gasteiger partial charge is 0.269 e. The molecule has 22 heavy (non-hydrogen) atoms. The number of hydrogen-bond acceptors (Lipinski definition) is 4. The van der Waals surface area contributed by atoms with Crippen LogP contribution in [0.2, 0.25) is 0 Å². The van der Waals surface area contributed by atoms with Crippen molar-refractivity contribution in [1.82, 2.24) is 0 Å². The lowest BCUT2D eigenvalue weighted by atomic mass is 10.1. The van der Waals surface area contributed by atoms with Gasteiger partial charge in [0.05, 0.1) is 16.9 Å². The van der Waals surface area contributed by atoms with E-state index in [-0.39, 0.29) is 5.69 Å². The highest BCUT2D eigenvalue weighted by Gasteiger charge is 2.05. The maximum absolute atomic E-state index is 11.3. The van der Waals surface area contributed by atoms with Crippen molar-refractivity contribution in [3.63, 3.8) is 0 Å². The van der Waals surface area contributed by atoms with E-state index in [0.29, 0.717) is 16.8 Å². The summed E-state index contributed by atoms with van der Waals surface area (Å²) in [4.78, 5) is 10.1. The van der Waals surface area contributed by atoms with E-state index in [1.54, 1.807) is 24.3 Å². The zero-order valence-electron chi connectivity index (χ0n) is 11.6. The van der Waals surface area contributed by atoms with E-state index in [1.165, 1.54) is 24.3 Å². The molecular weight excluding hydrogens is 304 g/mol. The number of rotatable bonds is 3. The molecule has 0 aliphatic rings. The number of nitrogens with one attached hydrogen (secondary N) is 1. The fraction of sp³-hybridized carbons (Fsp3) is 0.0667. The maximum Gasteiger partial charge on any atom is 0.269 e. The Morgan fingerprint density at radius 3 is 2.27 bits per heavy atom. The molecule has 0 saturated heterocycles. The molecular formula is C15H12N2O4S. The van der Waals surface area contributed by atoms with E-state index in [4.69, 9.17) is 0 Å². The van der Waals surface area contributed by atoms with Crippen molar-refractivity contribution in [3.05, 3.63) is 69.8 Å². The van der Waals surface area contributed by atoms with Crippen molar-refractivity contribution in [2.45, 2.75) is 0 Å². The van der Waals surface area contributed by atoms with Crippen LogP contribution in [0.25, 0.3) is 0 Å².